The Labute approximate surface area is 125 Å². The first kappa shape index (κ1) is 19.8. The zero-order chi connectivity index (χ0) is 15.1. The van der Waals surface area contributed by atoms with Crippen molar-refractivity contribution in [1.82, 2.24) is 0 Å². The molecule has 0 aromatic carbocycles. The largest absolute Gasteiger partial charge is 0.331 e. The third-order valence-corrected chi connectivity index (χ3v) is 3.87. The van der Waals surface area contributed by atoms with Gasteiger partial charge in [0.25, 0.3) is 5.97 Å². The maximum Gasteiger partial charge on any atom is 0.282 e. The molecular weight excluding hydrogens is 254 g/mol. The number of methoxy groups -OCH3 is 3. The molecule has 0 spiro atoms. The van der Waals surface area contributed by atoms with Crippen molar-refractivity contribution in [3.8, 4) is 0 Å². The SMILES string of the molecule is COC(CCCCCCCCCCCCN)(OC)OC. The molecular formula is C16H35NO3. The van der Waals surface area contributed by atoms with Crippen LogP contribution in [0.5, 0.6) is 0 Å². The summed E-state index contributed by atoms with van der Waals surface area (Å²) >= 11 is 0. The van der Waals surface area contributed by atoms with Crippen LogP contribution in [0.15, 0.2) is 0 Å². The van der Waals surface area contributed by atoms with Gasteiger partial charge in [0.15, 0.2) is 0 Å². The van der Waals surface area contributed by atoms with Crippen LogP contribution in [0.4, 0.5) is 0 Å². The lowest BCUT2D eigenvalue weighted by atomic mass is 10.1. The molecule has 20 heavy (non-hydrogen) atoms. The van der Waals surface area contributed by atoms with Gasteiger partial charge in [-0.15, -0.1) is 0 Å². The minimum atomic E-state index is -0.844. The fourth-order valence-electron chi connectivity index (χ4n) is 2.46. The molecule has 0 bridgehead atoms. The third-order valence-electron chi connectivity index (χ3n) is 3.87. The first-order chi connectivity index (χ1) is 9.74. The average Bonchev–Trinajstić information content (AvgIpc) is 2.49. The summed E-state index contributed by atoms with van der Waals surface area (Å²) in [5.74, 6) is -0.844. The molecule has 4 nitrogen and oxygen atoms in total. The Hall–Kier alpha value is -0.160. The van der Waals surface area contributed by atoms with Crippen molar-refractivity contribution < 1.29 is 14.2 Å². The summed E-state index contributed by atoms with van der Waals surface area (Å²) in [5, 5.41) is 0. The lowest BCUT2D eigenvalue weighted by molar-refractivity contribution is -0.355. The maximum atomic E-state index is 5.47. The lowest BCUT2D eigenvalue weighted by Gasteiger charge is -2.28. The third kappa shape index (κ3) is 9.70. The Morgan fingerprint density at radius 1 is 0.600 bits per heavy atom. The summed E-state index contributed by atoms with van der Waals surface area (Å²) in [7, 11) is 4.87. The molecule has 0 aromatic heterocycles. The van der Waals surface area contributed by atoms with E-state index in [1.807, 2.05) is 0 Å². The minimum absolute atomic E-state index is 0.787. The van der Waals surface area contributed by atoms with Gasteiger partial charge in [0.1, 0.15) is 0 Å². The van der Waals surface area contributed by atoms with Crippen LogP contribution >= 0.6 is 0 Å². The van der Waals surface area contributed by atoms with Crippen LogP contribution in [-0.4, -0.2) is 33.8 Å². The molecule has 0 amide bonds. The van der Waals surface area contributed by atoms with E-state index >= 15 is 0 Å². The molecule has 0 aromatic rings. The molecule has 0 atom stereocenters. The topological polar surface area (TPSA) is 53.7 Å². The van der Waals surface area contributed by atoms with Gasteiger partial charge >= 0.3 is 0 Å². The van der Waals surface area contributed by atoms with Gasteiger partial charge < -0.3 is 19.9 Å². The Morgan fingerprint density at radius 3 is 1.30 bits per heavy atom. The quantitative estimate of drug-likeness (QED) is 0.368. The first-order valence-electron chi connectivity index (χ1n) is 8.10. The van der Waals surface area contributed by atoms with Crippen molar-refractivity contribution in [2.24, 2.45) is 5.73 Å². The Balaban J connectivity index is 3.32. The number of hydrogen-bond donors (Lipinski definition) is 1. The van der Waals surface area contributed by atoms with Gasteiger partial charge in [0.05, 0.1) is 0 Å². The van der Waals surface area contributed by atoms with Gasteiger partial charge in [-0.05, 0) is 19.4 Å². The summed E-state index contributed by atoms with van der Waals surface area (Å²) in [6, 6.07) is 0. The Morgan fingerprint density at radius 2 is 0.950 bits per heavy atom. The molecule has 0 heterocycles. The van der Waals surface area contributed by atoms with E-state index < -0.39 is 5.97 Å². The van der Waals surface area contributed by atoms with E-state index in [1.165, 1.54) is 57.8 Å². The summed E-state index contributed by atoms with van der Waals surface area (Å²) in [4.78, 5) is 0. The highest BCUT2D eigenvalue weighted by atomic mass is 16.9. The normalized spacial score (nSPS) is 12.0. The van der Waals surface area contributed by atoms with Gasteiger partial charge in [-0.25, -0.2) is 0 Å². The molecule has 0 aliphatic heterocycles. The number of ether oxygens (including phenoxy) is 3. The fourth-order valence-corrected chi connectivity index (χ4v) is 2.46. The van der Waals surface area contributed by atoms with Crippen LogP contribution < -0.4 is 5.73 Å². The maximum absolute atomic E-state index is 5.47. The van der Waals surface area contributed by atoms with Crippen LogP contribution in [0.1, 0.15) is 70.6 Å². The van der Waals surface area contributed by atoms with Gasteiger partial charge in [-0.1, -0.05) is 51.4 Å². The first-order valence-corrected chi connectivity index (χ1v) is 8.10. The second-order valence-electron chi connectivity index (χ2n) is 5.37. The van der Waals surface area contributed by atoms with Gasteiger partial charge in [0.2, 0.25) is 0 Å². The lowest BCUT2D eigenvalue weighted by Crippen LogP contribution is -2.35. The molecule has 122 valence electrons. The molecule has 0 fully saturated rings. The standard InChI is InChI=1S/C16H35NO3/c1-18-16(19-2,20-3)14-12-10-8-6-4-5-7-9-11-13-15-17/h4-15,17H2,1-3H3. The van der Waals surface area contributed by atoms with Crippen molar-refractivity contribution in [2.75, 3.05) is 27.9 Å². The van der Waals surface area contributed by atoms with E-state index in [1.54, 1.807) is 21.3 Å². The zero-order valence-electron chi connectivity index (χ0n) is 13.8. The minimum Gasteiger partial charge on any atom is -0.331 e. The smallest absolute Gasteiger partial charge is 0.282 e. The van der Waals surface area contributed by atoms with Crippen molar-refractivity contribution >= 4 is 0 Å². The summed E-state index contributed by atoms with van der Waals surface area (Å²) in [6.07, 6.45) is 13.6. The van der Waals surface area contributed by atoms with E-state index in [2.05, 4.69) is 0 Å². The van der Waals surface area contributed by atoms with Crippen LogP contribution in [0.2, 0.25) is 0 Å². The van der Waals surface area contributed by atoms with Gasteiger partial charge in [-0.2, -0.15) is 0 Å². The predicted octanol–water partition coefficient (Wildman–Crippen LogP) is 3.83. The average molecular weight is 289 g/mol. The van der Waals surface area contributed by atoms with E-state index in [0.717, 1.165) is 19.4 Å². The number of nitrogens with two attached hydrogens (primary N) is 1. The monoisotopic (exact) mass is 289 g/mol. The zero-order valence-corrected chi connectivity index (χ0v) is 13.8. The Bertz CT molecular complexity index is 188. The van der Waals surface area contributed by atoms with Crippen LogP contribution in [-0.2, 0) is 14.2 Å². The predicted molar refractivity (Wildman–Crippen MR) is 83.6 cm³/mol. The fraction of sp³-hybridized carbons (Fsp3) is 1.00. The summed E-state index contributed by atoms with van der Waals surface area (Å²) in [6.45, 7) is 0.839. The second-order valence-corrected chi connectivity index (χ2v) is 5.37. The van der Waals surface area contributed by atoms with E-state index in [0.29, 0.717) is 0 Å². The number of hydrogen-bond acceptors (Lipinski definition) is 4. The highest BCUT2D eigenvalue weighted by Gasteiger charge is 2.28. The molecule has 0 unspecified atom stereocenters. The number of rotatable bonds is 15. The molecule has 0 aliphatic rings. The summed E-state index contributed by atoms with van der Waals surface area (Å²) in [5.41, 5.74) is 5.47. The summed E-state index contributed by atoms with van der Waals surface area (Å²) < 4.78 is 15.8. The van der Waals surface area contributed by atoms with Gasteiger partial charge in [0, 0.05) is 27.8 Å². The highest BCUT2D eigenvalue weighted by molar-refractivity contribution is 4.56. The molecule has 2 N–H and O–H groups in total. The van der Waals surface area contributed by atoms with Crippen molar-refractivity contribution in [3.05, 3.63) is 0 Å². The molecule has 0 rings (SSSR count). The molecule has 0 aliphatic carbocycles. The van der Waals surface area contributed by atoms with Crippen molar-refractivity contribution in [1.29, 1.82) is 0 Å². The Kier molecular flexibility index (Phi) is 13.7. The van der Waals surface area contributed by atoms with Crippen LogP contribution in [0, 0.1) is 0 Å². The molecule has 4 heteroatoms. The van der Waals surface area contributed by atoms with Gasteiger partial charge in [-0.3, -0.25) is 0 Å². The molecule has 0 saturated carbocycles. The van der Waals surface area contributed by atoms with E-state index in [9.17, 15) is 0 Å². The number of unbranched alkanes of at least 4 members (excludes halogenated alkanes) is 9. The van der Waals surface area contributed by atoms with E-state index in [4.69, 9.17) is 19.9 Å². The van der Waals surface area contributed by atoms with Crippen molar-refractivity contribution in [3.63, 3.8) is 0 Å². The highest BCUT2D eigenvalue weighted by Crippen LogP contribution is 2.21. The van der Waals surface area contributed by atoms with E-state index in [-0.39, 0.29) is 0 Å². The second kappa shape index (κ2) is 13.8. The van der Waals surface area contributed by atoms with Crippen molar-refractivity contribution in [2.45, 2.75) is 76.6 Å². The molecule has 0 saturated heterocycles. The van der Waals surface area contributed by atoms with Crippen LogP contribution in [0.25, 0.3) is 0 Å². The molecule has 0 radical (unpaired) electrons. The van der Waals surface area contributed by atoms with Crippen LogP contribution in [0.3, 0.4) is 0 Å².